The molecule has 1 unspecified atom stereocenters. The van der Waals surface area contributed by atoms with Gasteiger partial charge in [-0.1, -0.05) is 17.4 Å². The Bertz CT molecular complexity index is 1260. The Morgan fingerprint density at radius 1 is 1.34 bits per heavy atom. The normalized spacial score (nSPS) is 18.3. The first-order valence-corrected chi connectivity index (χ1v) is 14.8. The molecule has 0 saturated carbocycles. The molecule has 3 heterocycles. The third-order valence-electron chi connectivity index (χ3n) is 5.44. The third kappa shape index (κ3) is 4.81. The number of fused-ring (bicyclic) bond motifs is 1. The Balaban J connectivity index is 1.64. The number of thioether (sulfide) groups is 1. The summed E-state index contributed by atoms with van der Waals surface area (Å²) < 4.78 is 36.0. The van der Waals surface area contributed by atoms with E-state index in [9.17, 15) is 13.2 Å². The van der Waals surface area contributed by atoms with Crippen molar-refractivity contribution in [2.24, 2.45) is 10.9 Å². The molecule has 172 valence electrons. The van der Waals surface area contributed by atoms with Gasteiger partial charge in [0.05, 0.1) is 23.2 Å². The molecular formula is C21H25N3O4S4. The lowest BCUT2D eigenvalue weighted by Crippen LogP contribution is -2.42. The number of aryl methyl sites for hydroxylation is 1. The number of benzene rings is 1. The van der Waals surface area contributed by atoms with Crippen molar-refractivity contribution in [2.45, 2.75) is 23.6 Å². The van der Waals surface area contributed by atoms with Gasteiger partial charge in [-0.05, 0) is 42.7 Å². The molecule has 1 amide bonds. The lowest BCUT2D eigenvalue weighted by Gasteiger charge is -2.29. The monoisotopic (exact) mass is 511 g/mol. The van der Waals surface area contributed by atoms with Crippen molar-refractivity contribution in [2.75, 3.05) is 32.2 Å². The second-order valence-electron chi connectivity index (χ2n) is 7.45. The Kier molecular flexibility index (Phi) is 7.40. The molecule has 3 aromatic rings. The number of aromatic nitrogens is 1. The summed E-state index contributed by atoms with van der Waals surface area (Å²) in [7, 11) is -1.94. The molecule has 0 N–H and O–H groups in total. The number of thiazole rings is 1. The molecule has 0 bridgehead atoms. The summed E-state index contributed by atoms with van der Waals surface area (Å²) in [4.78, 5) is 18.3. The molecular weight excluding hydrogens is 487 g/mol. The topological polar surface area (TPSA) is 81.0 Å². The molecule has 0 spiro atoms. The number of hydrogen-bond donors (Lipinski definition) is 0. The van der Waals surface area contributed by atoms with Crippen molar-refractivity contribution in [3.63, 3.8) is 0 Å². The fraction of sp³-hybridized carbons (Fsp3) is 0.429. The van der Waals surface area contributed by atoms with E-state index in [1.54, 1.807) is 36.4 Å². The summed E-state index contributed by atoms with van der Waals surface area (Å²) in [6.07, 6.45) is 3.33. The van der Waals surface area contributed by atoms with Crippen LogP contribution in [0.1, 0.15) is 12.8 Å². The fourth-order valence-electron chi connectivity index (χ4n) is 3.75. The minimum atomic E-state index is -3.57. The van der Waals surface area contributed by atoms with Crippen LogP contribution in [0.15, 0.2) is 44.9 Å². The zero-order chi connectivity index (χ0) is 22.7. The number of amides is 1. The molecule has 0 radical (unpaired) electrons. The number of methoxy groups -OCH3 is 1. The van der Waals surface area contributed by atoms with E-state index >= 15 is 0 Å². The van der Waals surface area contributed by atoms with Crippen molar-refractivity contribution in [3.05, 3.63) is 40.5 Å². The van der Waals surface area contributed by atoms with Crippen molar-refractivity contribution in [3.8, 4) is 5.75 Å². The van der Waals surface area contributed by atoms with Crippen LogP contribution in [0.4, 0.5) is 0 Å². The minimum absolute atomic E-state index is 0.173. The highest BCUT2D eigenvalue weighted by Crippen LogP contribution is 2.27. The van der Waals surface area contributed by atoms with Crippen molar-refractivity contribution in [1.82, 2.24) is 8.87 Å². The maximum absolute atomic E-state index is 13.1. The molecule has 1 atom stereocenters. The summed E-state index contributed by atoms with van der Waals surface area (Å²) in [6, 6.07) is 9.18. The largest absolute Gasteiger partial charge is 0.497 e. The van der Waals surface area contributed by atoms with Crippen LogP contribution in [-0.4, -0.2) is 55.4 Å². The van der Waals surface area contributed by atoms with Gasteiger partial charge in [-0.2, -0.15) is 21.1 Å². The predicted octanol–water partition coefficient (Wildman–Crippen LogP) is 3.66. The van der Waals surface area contributed by atoms with Crippen LogP contribution in [0.25, 0.3) is 10.2 Å². The van der Waals surface area contributed by atoms with Crippen molar-refractivity contribution < 1.29 is 17.9 Å². The number of rotatable bonds is 7. The van der Waals surface area contributed by atoms with Crippen LogP contribution in [0.3, 0.4) is 0 Å². The summed E-state index contributed by atoms with van der Waals surface area (Å²) in [5, 5.41) is 1.75. The zero-order valence-corrected chi connectivity index (χ0v) is 21.2. The molecule has 7 nitrogen and oxygen atoms in total. The molecule has 1 saturated heterocycles. The summed E-state index contributed by atoms with van der Waals surface area (Å²) in [5.74, 6) is 0.952. The van der Waals surface area contributed by atoms with Gasteiger partial charge in [0.2, 0.25) is 0 Å². The van der Waals surface area contributed by atoms with Gasteiger partial charge >= 0.3 is 0 Å². The number of sulfonamides is 1. The van der Waals surface area contributed by atoms with Gasteiger partial charge in [-0.3, -0.25) is 4.79 Å². The van der Waals surface area contributed by atoms with E-state index in [4.69, 9.17) is 4.74 Å². The summed E-state index contributed by atoms with van der Waals surface area (Å²) in [6.45, 7) is 1.33. The number of ether oxygens (including phenoxy) is 1. The Morgan fingerprint density at radius 2 is 2.19 bits per heavy atom. The highest BCUT2D eigenvalue weighted by molar-refractivity contribution is 7.98. The number of carbonyl (C=O) groups is 1. The van der Waals surface area contributed by atoms with Gasteiger partial charge in [0, 0.05) is 31.5 Å². The highest BCUT2D eigenvalue weighted by Gasteiger charge is 2.33. The first kappa shape index (κ1) is 23.5. The maximum atomic E-state index is 13.1. The van der Waals surface area contributed by atoms with E-state index in [1.807, 2.05) is 24.5 Å². The van der Waals surface area contributed by atoms with E-state index in [-0.39, 0.29) is 12.5 Å². The Labute approximate surface area is 199 Å². The zero-order valence-electron chi connectivity index (χ0n) is 17.9. The Morgan fingerprint density at radius 3 is 2.91 bits per heavy atom. The maximum Gasteiger partial charge on any atom is 0.252 e. The van der Waals surface area contributed by atoms with Crippen LogP contribution in [0.2, 0.25) is 0 Å². The molecule has 2 aromatic heterocycles. The Hall–Kier alpha value is -1.66. The predicted molar refractivity (Wildman–Crippen MR) is 131 cm³/mol. The van der Waals surface area contributed by atoms with Crippen LogP contribution >= 0.6 is 34.4 Å². The van der Waals surface area contributed by atoms with Crippen LogP contribution < -0.4 is 9.54 Å². The number of thiophene rings is 1. The van der Waals surface area contributed by atoms with Gasteiger partial charge in [0.15, 0.2) is 4.80 Å². The minimum Gasteiger partial charge on any atom is -0.497 e. The van der Waals surface area contributed by atoms with Gasteiger partial charge in [0.1, 0.15) is 9.96 Å². The molecule has 0 aliphatic carbocycles. The van der Waals surface area contributed by atoms with E-state index in [1.165, 1.54) is 27.0 Å². The number of piperidine rings is 1. The molecule has 4 rings (SSSR count). The number of hydrogen-bond acceptors (Lipinski definition) is 7. The van der Waals surface area contributed by atoms with Gasteiger partial charge < -0.3 is 9.30 Å². The first-order chi connectivity index (χ1) is 15.4. The number of nitrogens with zero attached hydrogens (tertiary/aromatic N) is 3. The fourth-order valence-corrected chi connectivity index (χ4v) is 7.82. The average molecular weight is 512 g/mol. The molecule has 1 aliphatic rings. The van der Waals surface area contributed by atoms with Crippen molar-refractivity contribution >= 4 is 60.6 Å². The van der Waals surface area contributed by atoms with Gasteiger partial charge in [-0.25, -0.2) is 8.42 Å². The molecule has 1 fully saturated rings. The number of carbonyl (C=O) groups excluding carboxylic acids is 1. The highest BCUT2D eigenvalue weighted by atomic mass is 32.2. The summed E-state index contributed by atoms with van der Waals surface area (Å²) >= 11 is 4.40. The van der Waals surface area contributed by atoms with Crippen LogP contribution in [-0.2, 0) is 21.4 Å². The van der Waals surface area contributed by atoms with Crippen molar-refractivity contribution in [1.29, 1.82) is 0 Å². The first-order valence-electron chi connectivity index (χ1n) is 10.2. The third-order valence-corrected chi connectivity index (χ3v) is 10.3. The lowest BCUT2D eigenvalue weighted by atomic mass is 9.99. The molecule has 32 heavy (non-hydrogen) atoms. The van der Waals surface area contributed by atoms with E-state index in [2.05, 4.69) is 9.56 Å². The molecule has 11 heteroatoms. The van der Waals surface area contributed by atoms with E-state index < -0.39 is 15.9 Å². The average Bonchev–Trinajstić information content (AvgIpc) is 3.46. The van der Waals surface area contributed by atoms with Crippen LogP contribution in [0.5, 0.6) is 5.75 Å². The van der Waals surface area contributed by atoms with Crippen LogP contribution in [0, 0.1) is 5.92 Å². The molecule has 1 aromatic carbocycles. The van der Waals surface area contributed by atoms with E-state index in [0.29, 0.717) is 28.4 Å². The van der Waals surface area contributed by atoms with E-state index in [0.717, 1.165) is 28.3 Å². The second kappa shape index (κ2) is 10.1. The van der Waals surface area contributed by atoms with Gasteiger partial charge in [0.25, 0.3) is 15.9 Å². The molecule has 1 aliphatic heterocycles. The van der Waals surface area contributed by atoms with Gasteiger partial charge in [-0.15, -0.1) is 11.3 Å². The standard InChI is InChI=1S/C21H25N3O4S4/c1-28-16-7-8-18-17(13-16)24(10-12-29-2)21(31-18)22-20(25)15-5-3-9-23(14-15)32(26,27)19-6-4-11-30-19/h4,6-8,11,13,15H,3,5,9-10,12,14H2,1-2H3. The second-order valence-corrected chi connectivity index (χ2v) is 12.6. The smallest absolute Gasteiger partial charge is 0.252 e. The SMILES string of the molecule is COc1ccc2sc(=NC(=O)C3CCCN(S(=O)(=O)c4cccs4)C3)n(CCSC)c2c1. The lowest BCUT2D eigenvalue weighted by molar-refractivity contribution is -0.122. The summed E-state index contributed by atoms with van der Waals surface area (Å²) in [5.41, 5.74) is 0.987. The quantitative estimate of drug-likeness (QED) is 0.484.